The number of halogens is 2. The molecule has 0 aliphatic rings. The standard InChI is InChI=1S/C11H10ClFO/c1-8(6-7-12)11(14)9-2-4-10(13)5-3-9/h2-5H,1,6-7H2. The van der Waals surface area contributed by atoms with E-state index in [1.807, 2.05) is 0 Å². The second kappa shape index (κ2) is 4.91. The van der Waals surface area contributed by atoms with Crippen LogP contribution < -0.4 is 0 Å². The van der Waals surface area contributed by atoms with Gasteiger partial charge in [-0.15, -0.1) is 11.6 Å². The van der Waals surface area contributed by atoms with E-state index in [1.54, 1.807) is 0 Å². The number of rotatable bonds is 4. The predicted octanol–water partition coefficient (Wildman–Crippen LogP) is 3.19. The Balaban J connectivity index is 2.79. The van der Waals surface area contributed by atoms with E-state index in [9.17, 15) is 9.18 Å². The summed E-state index contributed by atoms with van der Waals surface area (Å²) in [7, 11) is 0. The van der Waals surface area contributed by atoms with E-state index in [1.165, 1.54) is 24.3 Å². The van der Waals surface area contributed by atoms with E-state index in [0.717, 1.165) is 0 Å². The van der Waals surface area contributed by atoms with E-state index >= 15 is 0 Å². The number of hydrogen-bond acceptors (Lipinski definition) is 1. The Morgan fingerprint density at radius 3 is 2.43 bits per heavy atom. The van der Waals surface area contributed by atoms with E-state index in [4.69, 9.17) is 11.6 Å². The molecule has 0 saturated heterocycles. The maximum atomic E-state index is 12.5. The lowest BCUT2D eigenvalue weighted by molar-refractivity contribution is 0.103. The molecule has 14 heavy (non-hydrogen) atoms. The number of ketones is 1. The summed E-state index contributed by atoms with van der Waals surface area (Å²) in [5.41, 5.74) is 0.896. The molecule has 0 aliphatic carbocycles. The van der Waals surface area contributed by atoms with Crippen LogP contribution in [-0.4, -0.2) is 11.7 Å². The van der Waals surface area contributed by atoms with Crippen molar-refractivity contribution < 1.29 is 9.18 Å². The lowest BCUT2D eigenvalue weighted by Gasteiger charge is -2.02. The summed E-state index contributed by atoms with van der Waals surface area (Å²) in [6.45, 7) is 3.62. The zero-order valence-electron chi connectivity index (χ0n) is 7.59. The summed E-state index contributed by atoms with van der Waals surface area (Å²) in [5.74, 6) is -0.165. The van der Waals surface area contributed by atoms with Crippen LogP contribution in [0.4, 0.5) is 4.39 Å². The van der Waals surface area contributed by atoms with E-state index in [0.29, 0.717) is 23.4 Å². The summed E-state index contributed by atoms with van der Waals surface area (Å²) in [6.07, 6.45) is 0.456. The Morgan fingerprint density at radius 1 is 1.36 bits per heavy atom. The molecule has 0 spiro atoms. The summed E-state index contributed by atoms with van der Waals surface area (Å²) < 4.78 is 12.5. The zero-order chi connectivity index (χ0) is 10.6. The minimum atomic E-state index is -0.357. The van der Waals surface area contributed by atoms with Gasteiger partial charge in [0, 0.05) is 11.4 Å². The van der Waals surface area contributed by atoms with Crippen molar-refractivity contribution in [2.45, 2.75) is 6.42 Å². The summed E-state index contributed by atoms with van der Waals surface area (Å²) in [4.78, 5) is 11.6. The molecular formula is C11H10ClFO. The first kappa shape index (κ1) is 10.9. The number of alkyl halides is 1. The predicted molar refractivity (Wildman–Crippen MR) is 55.2 cm³/mol. The van der Waals surface area contributed by atoms with Crippen molar-refractivity contribution in [1.82, 2.24) is 0 Å². The van der Waals surface area contributed by atoms with Crippen LogP contribution in [0.25, 0.3) is 0 Å². The van der Waals surface area contributed by atoms with Gasteiger partial charge in [0.2, 0.25) is 0 Å². The largest absolute Gasteiger partial charge is 0.289 e. The molecule has 1 aromatic carbocycles. The summed E-state index contributed by atoms with van der Waals surface area (Å²) in [5, 5.41) is 0. The maximum absolute atomic E-state index is 12.5. The molecular weight excluding hydrogens is 203 g/mol. The fourth-order valence-electron chi connectivity index (χ4n) is 1.03. The topological polar surface area (TPSA) is 17.1 Å². The first-order chi connectivity index (χ1) is 6.65. The molecule has 3 heteroatoms. The minimum absolute atomic E-state index is 0.175. The van der Waals surface area contributed by atoms with Gasteiger partial charge < -0.3 is 0 Å². The van der Waals surface area contributed by atoms with Crippen molar-refractivity contribution in [1.29, 1.82) is 0 Å². The van der Waals surface area contributed by atoms with Gasteiger partial charge >= 0.3 is 0 Å². The molecule has 1 aromatic rings. The Hall–Kier alpha value is -1.15. The molecule has 0 radical (unpaired) electrons. The fraction of sp³-hybridized carbons (Fsp3) is 0.182. The quantitative estimate of drug-likeness (QED) is 0.426. The second-order valence-corrected chi connectivity index (χ2v) is 3.26. The number of allylic oxidation sites excluding steroid dienone is 1. The molecule has 0 unspecified atom stereocenters. The van der Waals surface area contributed by atoms with Gasteiger partial charge in [-0.2, -0.15) is 0 Å². The van der Waals surface area contributed by atoms with Crippen LogP contribution >= 0.6 is 11.6 Å². The smallest absolute Gasteiger partial charge is 0.188 e. The highest BCUT2D eigenvalue weighted by Crippen LogP contribution is 2.11. The maximum Gasteiger partial charge on any atom is 0.188 e. The Bertz CT molecular complexity index is 343. The Kier molecular flexibility index (Phi) is 3.84. The molecule has 74 valence electrons. The van der Waals surface area contributed by atoms with Crippen molar-refractivity contribution in [3.8, 4) is 0 Å². The average Bonchev–Trinajstić information content (AvgIpc) is 2.18. The highest BCUT2D eigenvalue weighted by Gasteiger charge is 2.09. The van der Waals surface area contributed by atoms with Crippen LogP contribution in [0.2, 0.25) is 0 Å². The molecule has 0 heterocycles. The zero-order valence-corrected chi connectivity index (χ0v) is 8.35. The van der Waals surface area contributed by atoms with Crippen molar-refractivity contribution in [3.05, 3.63) is 47.8 Å². The lowest BCUT2D eigenvalue weighted by Crippen LogP contribution is -2.02. The summed E-state index contributed by atoms with van der Waals surface area (Å²) in [6, 6.07) is 5.39. The first-order valence-electron chi connectivity index (χ1n) is 4.19. The van der Waals surface area contributed by atoms with Gasteiger partial charge in [-0.05, 0) is 36.3 Å². The molecule has 1 nitrogen and oxygen atoms in total. The molecule has 0 aromatic heterocycles. The van der Waals surface area contributed by atoms with Gasteiger partial charge in [-0.1, -0.05) is 6.58 Å². The molecule has 0 atom stereocenters. The van der Waals surface area contributed by atoms with Crippen molar-refractivity contribution >= 4 is 17.4 Å². The van der Waals surface area contributed by atoms with Crippen LogP contribution in [-0.2, 0) is 0 Å². The van der Waals surface area contributed by atoms with Crippen LogP contribution in [0, 0.1) is 5.82 Å². The van der Waals surface area contributed by atoms with Crippen LogP contribution in [0.15, 0.2) is 36.4 Å². The highest BCUT2D eigenvalue weighted by molar-refractivity contribution is 6.18. The third-order valence-corrected chi connectivity index (χ3v) is 2.01. The third-order valence-electron chi connectivity index (χ3n) is 1.82. The van der Waals surface area contributed by atoms with Gasteiger partial charge in [-0.25, -0.2) is 4.39 Å². The molecule has 0 aliphatic heterocycles. The summed E-state index contributed by atoms with van der Waals surface area (Å²) >= 11 is 5.48. The van der Waals surface area contributed by atoms with Gasteiger partial charge in [0.25, 0.3) is 0 Å². The number of benzene rings is 1. The molecule has 0 amide bonds. The van der Waals surface area contributed by atoms with Crippen molar-refractivity contribution in [2.75, 3.05) is 5.88 Å². The van der Waals surface area contributed by atoms with Crippen molar-refractivity contribution in [3.63, 3.8) is 0 Å². The average molecular weight is 213 g/mol. The Labute approximate surface area is 87.2 Å². The van der Waals surface area contributed by atoms with E-state index < -0.39 is 0 Å². The molecule has 1 rings (SSSR count). The number of hydrogen-bond donors (Lipinski definition) is 0. The second-order valence-electron chi connectivity index (χ2n) is 2.88. The van der Waals surface area contributed by atoms with Crippen LogP contribution in [0.3, 0.4) is 0 Å². The fourth-order valence-corrected chi connectivity index (χ4v) is 1.26. The molecule has 0 saturated carbocycles. The first-order valence-corrected chi connectivity index (χ1v) is 4.72. The molecule has 0 N–H and O–H groups in total. The van der Waals surface area contributed by atoms with Gasteiger partial charge in [0.05, 0.1) is 0 Å². The number of carbonyl (C=O) groups is 1. The SMILES string of the molecule is C=C(CCCl)C(=O)c1ccc(F)cc1. The van der Waals surface area contributed by atoms with Crippen LogP contribution in [0.5, 0.6) is 0 Å². The normalized spacial score (nSPS) is 9.86. The van der Waals surface area contributed by atoms with E-state index in [2.05, 4.69) is 6.58 Å². The third kappa shape index (κ3) is 2.67. The van der Waals surface area contributed by atoms with Crippen LogP contribution in [0.1, 0.15) is 16.8 Å². The van der Waals surface area contributed by atoms with E-state index in [-0.39, 0.29) is 11.6 Å². The Morgan fingerprint density at radius 2 is 1.93 bits per heavy atom. The lowest BCUT2D eigenvalue weighted by atomic mass is 10.0. The van der Waals surface area contributed by atoms with Crippen molar-refractivity contribution in [2.24, 2.45) is 0 Å². The molecule has 0 fully saturated rings. The number of carbonyl (C=O) groups excluding carboxylic acids is 1. The van der Waals surface area contributed by atoms with Gasteiger partial charge in [0.1, 0.15) is 5.82 Å². The van der Waals surface area contributed by atoms with Gasteiger partial charge in [-0.3, -0.25) is 4.79 Å². The highest BCUT2D eigenvalue weighted by atomic mass is 35.5. The monoisotopic (exact) mass is 212 g/mol. The van der Waals surface area contributed by atoms with Gasteiger partial charge in [0.15, 0.2) is 5.78 Å². The molecule has 0 bridgehead atoms. The number of Topliss-reactive ketones (excluding diaryl/α,β-unsaturated/α-hetero) is 1. The minimum Gasteiger partial charge on any atom is -0.289 e.